The Balaban J connectivity index is 1.78. The number of carboxylic acids is 1. The molecule has 3 rings (SSSR count). The van der Waals surface area contributed by atoms with Crippen molar-refractivity contribution in [2.75, 3.05) is 13.1 Å². The minimum Gasteiger partial charge on any atom is -0.478 e. The number of benzene rings is 2. The van der Waals surface area contributed by atoms with Gasteiger partial charge in [0, 0.05) is 13.1 Å². The SMILES string of the molecule is NC1(c2cccc(C(=O)O)c2)CCCN(Cc2ccccc2)C1. The fourth-order valence-corrected chi connectivity index (χ4v) is 3.35. The van der Waals surface area contributed by atoms with Crippen molar-refractivity contribution in [1.82, 2.24) is 4.90 Å². The number of nitrogens with zero attached hydrogens (tertiary/aromatic N) is 1. The standard InChI is InChI=1S/C19H22N2O2/c20-19(17-9-4-8-16(12-17)18(22)23)10-5-11-21(14-19)13-15-6-2-1-3-7-15/h1-4,6-9,12H,5,10-11,13-14,20H2,(H,22,23). The van der Waals surface area contributed by atoms with Crippen LogP contribution in [0.25, 0.3) is 0 Å². The lowest BCUT2D eigenvalue weighted by molar-refractivity contribution is 0.0696. The fraction of sp³-hybridized carbons (Fsp3) is 0.316. The van der Waals surface area contributed by atoms with Crippen LogP contribution in [0, 0.1) is 0 Å². The number of carboxylic acid groups (broad SMARTS) is 1. The number of hydrogen-bond donors (Lipinski definition) is 2. The molecule has 3 N–H and O–H groups in total. The molecule has 1 atom stereocenters. The third-order valence-corrected chi connectivity index (χ3v) is 4.54. The number of nitrogens with two attached hydrogens (primary N) is 1. The van der Waals surface area contributed by atoms with E-state index >= 15 is 0 Å². The summed E-state index contributed by atoms with van der Waals surface area (Å²) < 4.78 is 0. The molecule has 0 aliphatic carbocycles. The van der Waals surface area contributed by atoms with Crippen molar-refractivity contribution in [3.05, 3.63) is 71.3 Å². The highest BCUT2D eigenvalue weighted by Crippen LogP contribution is 2.30. The van der Waals surface area contributed by atoms with Crippen molar-refractivity contribution in [1.29, 1.82) is 0 Å². The number of carbonyl (C=O) groups is 1. The average Bonchev–Trinajstić information content (AvgIpc) is 2.56. The minimum atomic E-state index is -0.910. The minimum absolute atomic E-state index is 0.299. The number of hydrogen-bond acceptors (Lipinski definition) is 3. The van der Waals surface area contributed by atoms with Crippen LogP contribution < -0.4 is 5.73 Å². The van der Waals surface area contributed by atoms with Crippen LogP contribution in [-0.4, -0.2) is 29.1 Å². The van der Waals surface area contributed by atoms with E-state index in [-0.39, 0.29) is 0 Å². The van der Waals surface area contributed by atoms with Crippen LogP contribution in [0.5, 0.6) is 0 Å². The van der Waals surface area contributed by atoms with Crippen molar-refractivity contribution in [3.8, 4) is 0 Å². The summed E-state index contributed by atoms with van der Waals surface area (Å²) >= 11 is 0. The number of likely N-dealkylation sites (tertiary alicyclic amines) is 1. The van der Waals surface area contributed by atoms with Crippen molar-refractivity contribution in [3.63, 3.8) is 0 Å². The molecule has 0 aromatic heterocycles. The first-order valence-corrected chi connectivity index (χ1v) is 7.96. The molecule has 4 heteroatoms. The van der Waals surface area contributed by atoms with E-state index in [4.69, 9.17) is 5.73 Å². The zero-order chi connectivity index (χ0) is 16.3. The lowest BCUT2D eigenvalue weighted by Gasteiger charge is -2.41. The third kappa shape index (κ3) is 3.60. The molecule has 4 nitrogen and oxygen atoms in total. The molecule has 2 aromatic rings. The second-order valence-electron chi connectivity index (χ2n) is 6.34. The Hall–Kier alpha value is -2.17. The first-order chi connectivity index (χ1) is 11.1. The summed E-state index contributed by atoms with van der Waals surface area (Å²) in [7, 11) is 0. The van der Waals surface area contributed by atoms with Gasteiger partial charge in [-0.1, -0.05) is 42.5 Å². The highest BCUT2D eigenvalue weighted by atomic mass is 16.4. The number of rotatable bonds is 4. The molecule has 1 fully saturated rings. The van der Waals surface area contributed by atoms with Gasteiger partial charge in [0.05, 0.1) is 11.1 Å². The Morgan fingerprint density at radius 2 is 1.96 bits per heavy atom. The molecule has 1 heterocycles. The summed E-state index contributed by atoms with van der Waals surface area (Å²) in [6.07, 6.45) is 1.89. The average molecular weight is 310 g/mol. The maximum Gasteiger partial charge on any atom is 0.335 e. The Morgan fingerprint density at radius 1 is 1.17 bits per heavy atom. The molecule has 0 bridgehead atoms. The molecular weight excluding hydrogens is 288 g/mol. The van der Waals surface area contributed by atoms with E-state index in [0.29, 0.717) is 5.56 Å². The summed E-state index contributed by atoms with van der Waals surface area (Å²) in [5.41, 5.74) is 8.66. The van der Waals surface area contributed by atoms with Crippen LogP contribution in [0.4, 0.5) is 0 Å². The van der Waals surface area contributed by atoms with Gasteiger partial charge < -0.3 is 10.8 Å². The summed E-state index contributed by atoms with van der Waals surface area (Å²) in [6.45, 7) is 2.63. The number of aromatic carboxylic acids is 1. The van der Waals surface area contributed by atoms with Crippen molar-refractivity contribution >= 4 is 5.97 Å². The third-order valence-electron chi connectivity index (χ3n) is 4.54. The summed E-state index contributed by atoms with van der Waals surface area (Å²) in [5.74, 6) is -0.910. The second kappa shape index (κ2) is 6.52. The lowest BCUT2D eigenvalue weighted by Crippen LogP contribution is -2.51. The normalized spacial score (nSPS) is 22.0. The van der Waals surface area contributed by atoms with E-state index in [2.05, 4.69) is 17.0 Å². The molecule has 2 aromatic carbocycles. The van der Waals surface area contributed by atoms with Gasteiger partial charge in [-0.25, -0.2) is 4.79 Å². The van der Waals surface area contributed by atoms with Crippen LogP contribution >= 0.6 is 0 Å². The highest BCUT2D eigenvalue weighted by Gasteiger charge is 2.33. The Kier molecular flexibility index (Phi) is 4.46. The monoisotopic (exact) mass is 310 g/mol. The molecule has 1 saturated heterocycles. The van der Waals surface area contributed by atoms with E-state index in [1.54, 1.807) is 18.2 Å². The molecule has 0 saturated carbocycles. The summed E-state index contributed by atoms with van der Waals surface area (Å²) in [5, 5.41) is 9.19. The molecular formula is C19H22N2O2. The Morgan fingerprint density at radius 3 is 2.70 bits per heavy atom. The topological polar surface area (TPSA) is 66.6 Å². The first kappa shape index (κ1) is 15.7. The fourth-order valence-electron chi connectivity index (χ4n) is 3.35. The first-order valence-electron chi connectivity index (χ1n) is 7.96. The van der Waals surface area contributed by atoms with Gasteiger partial charge in [-0.05, 0) is 42.6 Å². The maximum absolute atomic E-state index is 11.2. The van der Waals surface area contributed by atoms with Crippen LogP contribution in [0.15, 0.2) is 54.6 Å². The predicted molar refractivity (Wildman–Crippen MR) is 90.2 cm³/mol. The van der Waals surface area contributed by atoms with E-state index in [9.17, 15) is 9.90 Å². The van der Waals surface area contributed by atoms with Gasteiger partial charge in [0.25, 0.3) is 0 Å². The van der Waals surface area contributed by atoms with Crippen LogP contribution in [0.3, 0.4) is 0 Å². The van der Waals surface area contributed by atoms with Crippen LogP contribution in [0.2, 0.25) is 0 Å². The lowest BCUT2D eigenvalue weighted by atomic mass is 9.82. The largest absolute Gasteiger partial charge is 0.478 e. The molecule has 0 radical (unpaired) electrons. The zero-order valence-electron chi connectivity index (χ0n) is 13.1. The maximum atomic E-state index is 11.2. The summed E-state index contributed by atoms with van der Waals surface area (Å²) in [4.78, 5) is 13.5. The van der Waals surface area contributed by atoms with E-state index in [1.807, 2.05) is 24.3 Å². The molecule has 120 valence electrons. The van der Waals surface area contributed by atoms with Crippen LogP contribution in [-0.2, 0) is 12.1 Å². The van der Waals surface area contributed by atoms with Crippen molar-refractivity contribution in [2.24, 2.45) is 5.73 Å². The van der Waals surface area contributed by atoms with Gasteiger partial charge >= 0.3 is 5.97 Å². The predicted octanol–water partition coefficient (Wildman–Crippen LogP) is 2.83. The van der Waals surface area contributed by atoms with Gasteiger partial charge in [-0.15, -0.1) is 0 Å². The van der Waals surface area contributed by atoms with Crippen molar-refractivity contribution < 1.29 is 9.90 Å². The highest BCUT2D eigenvalue weighted by molar-refractivity contribution is 5.87. The Labute approximate surface area is 136 Å². The second-order valence-corrected chi connectivity index (χ2v) is 6.34. The molecule has 0 amide bonds. The van der Waals surface area contributed by atoms with Gasteiger partial charge in [-0.3, -0.25) is 4.90 Å². The smallest absolute Gasteiger partial charge is 0.335 e. The summed E-state index contributed by atoms with van der Waals surface area (Å²) in [6, 6.07) is 17.4. The Bertz CT molecular complexity index is 687. The van der Waals surface area contributed by atoms with E-state index in [1.165, 1.54) is 5.56 Å². The van der Waals surface area contributed by atoms with Crippen molar-refractivity contribution in [2.45, 2.75) is 24.9 Å². The molecule has 0 spiro atoms. The van der Waals surface area contributed by atoms with Gasteiger partial charge in [0.2, 0.25) is 0 Å². The molecule has 1 aliphatic heterocycles. The van der Waals surface area contributed by atoms with E-state index in [0.717, 1.165) is 38.0 Å². The quantitative estimate of drug-likeness (QED) is 0.911. The van der Waals surface area contributed by atoms with Gasteiger partial charge in [0.15, 0.2) is 0 Å². The van der Waals surface area contributed by atoms with Gasteiger partial charge in [0.1, 0.15) is 0 Å². The van der Waals surface area contributed by atoms with Gasteiger partial charge in [-0.2, -0.15) is 0 Å². The van der Waals surface area contributed by atoms with Crippen LogP contribution in [0.1, 0.15) is 34.3 Å². The van der Waals surface area contributed by atoms with E-state index < -0.39 is 11.5 Å². The zero-order valence-corrected chi connectivity index (χ0v) is 13.1. The molecule has 1 aliphatic rings. The molecule has 23 heavy (non-hydrogen) atoms. The molecule has 1 unspecified atom stereocenters. The number of piperidine rings is 1.